The maximum absolute atomic E-state index is 5.94. The minimum absolute atomic E-state index is 0.345. The van der Waals surface area contributed by atoms with Gasteiger partial charge < -0.3 is 10.7 Å². The van der Waals surface area contributed by atoms with Crippen LogP contribution in [-0.4, -0.2) is 9.97 Å². The SMILES string of the molecule is CC(C)(N)c1ncc(C2CCC2)[nH]1. The second kappa shape index (κ2) is 2.84. The van der Waals surface area contributed by atoms with Crippen molar-refractivity contribution in [3.05, 3.63) is 17.7 Å². The Hall–Kier alpha value is -0.830. The summed E-state index contributed by atoms with van der Waals surface area (Å²) in [4.78, 5) is 7.63. The highest BCUT2D eigenvalue weighted by atomic mass is 15.0. The smallest absolute Gasteiger partial charge is 0.125 e. The summed E-state index contributed by atoms with van der Waals surface area (Å²) in [6.07, 6.45) is 5.89. The lowest BCUT2D eigenvalue weighted by Gasteiger charge is -2.24. The minimum Gasteiger partial charge on any atom is -0.344 e. The molecule has 1 aromatic heterocycles. The fraction of sp³-hybridized carbons (Fsp3) is 0.700. The third kappa shape index (κ3) is 1.61. The summed E-state index contributed by atoms with van der Waals surface area (Å²) in [7, 11) is 0. The maximum Gasteiger partial charge on any atom is 0.125 e. The largest absolute Gasteiger partial charge is 0.344 e. The fourth-order valence-electron chi connectivity index (χ4n) is 1.59. The molecule has 13 heavy (non-hydrogen) atoms. The molecule has 1 aliphatic rings. The molecule has 1 aliphatic carbocycles. The van der Waals surface area contributed by atoms with Crippen molar-refractivity contribution in [2.24, 2.45) is 5.73 Å². The van der Waals surface area contributed by atoms with E-state index in [-0.39, 0.29) is 5.54 Å². The van der Waals surface area contributed by atoms with E-state index in [0.29, 0.717) is 5.92 Å². The van der Waals surface area contributed by atoms with Gasteiger partial charge in [0.1, 0.15) is 5.82 Å². The molecular weight excluding hydrogens is 162 g/mol. The second-order valence-electron chi connectivity index (χ2n) is 4.54. The summed E-state index contributed by atoms with van der Waals surface area (Å²) in [5.74, 6) is 1.61. The highest BCUT2D eigenvalue weighted by Gasteiger charge is 2.24. The van der Waals surface area contributed by atoms with Crippen LogP contribution >= 0.6 is 0 Å². The molecule has 0 atom stereocenters. The van der Waals surface area contributed by atoms with Crippen LogP contribution in [0.15, 0.2) is 6.20 Å². The highest BCUT2D eigenvalue weighted by Crippen LogP contribution is 2.35. The second-order valence-corrected chi connectivity index (χ2v) is 4.54. The molecule has 0 amide bonds. The summed E-state index contributed by atoms with van der Waals surface area (Å²) in [6, 6.07) is 0. The van der Waals surface area contributed by atoms with Crippen molar-refractivity contribution in [2.75, 3.05) is 0 Å². The van der Waals surface area contributed by atoms with Gasteiger partial charge in [-0.3, -0.25) is 0 Å². The van der Waals surface area contributed by atoms with Crippen LogP contribution in [0.3, 0.4) is 0 Å². The number of H-pyrrole nitrogens is 1. The Morgan fingerprint density at radius 2 is 2.23 bits per heavy atom. The van der Waals surface area contributed by atoms with E-state index in [1.54, 1.807) is 0 Å². The molecule has 1 aromatic rings. The zero-order valence-corrected chi connectivity index (χ0v) is 8.30. The molecule has 2 rings (SSSR count). The number of imidazole rings is 1. The molecule has 72 valence electrons. The quantitative estimate of drug-likeness (QED) is 0.728. The number of nitrogens with one attached hydrogen (secondary N) is 1. The van der Waals surface area contributed by atoms with E-state index < -0.39 is 0 Å². The normalized spacial score (nSPS) is 18.7. The maximum atomic E-state index is 5.94. The molecule has 0 unspecified atom stereocenters. The predicted molar refractivity (Wildman–Crippen MR) is 52.4 cm³/mol. The zero-order valence-electron chi connectivity index (χ0n) is 8.30. The van der Waals surface area contributed by atoms with Gasteiger partial charge in [0.15, 0.2) is 0 Å². The van der Waals surface area contributed by atoms with E-state index in [2.05, 4.69) is 9.97 Å². The number of hydrogen-bond donors (Lipinski definition) is 2. The Labute approximate surface area is 78.7 Å². The first kappa shape index (κ1) is 8.75. The van der Waals surface area contributed by atoms with Crippen molar-refractivity contribution in [3.63, 3.8) is 0 Å². The van der Waals surface area contributed by atoms with E-state index in [4.69, 9.17) is 5.73 Å². The minimum atomic E-state index is -0.345. The van der Waals surface area contributed by atoms with E-state index in [9.17, 15) is 0 Å². The summed E-state index contributed by atoms with van der Waals surface area (Å²) in [6.45, 7) is 3.94. The van der Waals surface area contributed by atoms with Gasteiger partial charge in [-0.2, -0.15) is 0 Å². The Kier molecular flexibility index (Phi) is 1.91. The van der Waals surface area contributed by atoms with Gasteiger partial charge in [-0.25, -0.2) is 4.98 Å². The first-order valence-corrected chi connectivity index (χ1v) is 4.91. The van der Waals surface area contributed by atoms with E-state index >= 15 is 0 Å². The molecule has 0 radical (unpaired) electrons. The Morgan fingerprint density at radius 3 is 2.62 bits per heavy atom. The molecule has 3 N–H and O–H groups in total. The van der Waals surface area contributed by atoms with Gasteiger partial charge in [0.05, 0.1) is 5.54 Å². The molecule has 3 nitrogen and oxygen atoms in total. The molecule has 0 aromatic carbocycles. The predicted octanol–water partition coefficient (Wildman–Crippen LogP) is 1.87. The third-order valence-corrected chi connectivity index (χ3v) is 2.75. The van der Waals surface area contributed by atoms with Gasteiger partial charge in [-0.05, 0) is 26.7 Å². The summed E-state index contributed by atoms with van der Waals surface area (Å²) >= 11 is 0. The van der Waals surface area contributed by atoms with Crippen LogP contribution in [0.1, 0.15) is 50.5 Å². The number of hydrogen-bond acceptors (Lipinski definition) is 2. The van der Waals surface area contributed by atoms with E-state index in [1.807, 2.05) is 20.0 Å². The van der Waals surface area contributed by atoms with E-state index in [1.165, 1.54) is 25.0 Å². The van der Waals surface area contributed by atoms with Crippen LogP contribution in [0, 0.1) is 0 Å². The first-order chi connectivity index (χ1) is 6.07. The van der Waals surface area contributed by atoms with Crippen molar-refractivity contribution >= 4 is 0 Å². The van der Waals surface area contributed by atoms with Crippen LogP contribution in [0.25, 0.3) is 0 Å². The van der Waals surface area contributed by atoms with Crippen molar-refractivity contribution in [2.45, 2.75) is 44.6 Å². The fourth-order valence-corrected chi connectivity index (χ4v) is 1.59. The topological polar surface area (TPSA) is 54.7 Å². The number of nitrogens with zero attached hydrogens (tertiary/aromatic N) is 1. The van der Waals surface area contributed by atoms with E-state index in [0.717, 1.165) is 5.82 Å². The first-order valence-electron chi connectivity index (χ1n) is 4.91. The van der Waals surface area contributed by atoms with Crippen molar-refractivity contribution in [1.82, 2.24) is 9.97 Å². The standard InChI is InChI=1S/C10H17N3/c1-10(2,11)9-12-6-8(13-9)7-4-3-5-7/h6-7H,3-5,11H2,1-2H3,(H,12,13). The summed E-state index contributed by atoms with van der Waals surface area (Å²) in [5.41, 5.74) is 6.85. The molecule has 0 aliphatic heterocycles. The van der Waals surface area contributed by atoms with Crippen LogP contribution in [0.5, 0.6) is 0 Å². The molecule has 0 spiro atoms. The molecule has 0 saturated heterocycles. The molecule has 0 bridgehead atoms. The lowest BCUT2D eigenvalue weighted by Crippen LogP contribution is -2.30. The molecule has 3 heteroatoms. The van der Waals surface area contributed by atoms with Gasteiger partial charge in [-0.1, -0.05) is 6.42 Å². The monoisotopic (exact) mass is 179 g/mol. The van der Waals surface area contributed by atoms with Gasteiger partial charge in [-0.15, -0.1) is 0 Å². The Balaban J connectivity index is 2.17. The lowest BCUT2D eigenvalue weighted by molar-refractivity contribution is 0.410. The van der Waals surface area contributed by atoms with Crippen LogP contribution in [0.2, 0.25) is 0 Å². The van der Waals surface area contributed by atoms with Crippen LogP contribution in [0.4, 0.5) is 0 Å². The summed E-state index contributed by atoms with van der Waals surface area (Å²) in [5, 5.41) is 0. The van der Waals surface area contributed by atoms with Gasteiger partial charge in [0.2, 0.25) is 0 Å². The number of nitrogens with two attached hydrogens (primary N) is 1. The number of aromatic nitrogens is 2. The average Bonchev–Trinajstić information content (AvgIpc) is 2.29. The van der Waals surface area contributed by atoms with Crippen LogP contribution in [-0.2, 0) is 5.54 Å². The lowest BCUT2D eigenvalue weighted by atomic mass is 9.83. The molecule has 1 saturated carbocycles. The molecule has 1 fully saturated rings. The molecular formula is C10H17N3. The van der Waals surface area contributed by atoms with Crippen molar-refractivity contribution in [1.29, 1.82) is 0 Å². The van der Waals surface area contributed by atoms with Gasteiger partial charge >= 0.3 is 0 Å². The number of rotatable bonds is 2. The highest BCUT2D eigenvalue weighted by molar-refractivity contribution is 5.13. The summed E-state index contributed by atoms with van der Waals surface area (Å²) < 4.78 is 0. The van der Waals surface area contributed by atoms with Gasteiger partial charge in [0.25, 0.3) is 0 Å². The number of aromatic amines is 1. The average molecular weight is 179 g/mol. The molecule has 1 heterocycles. The third-order valence-electron chi connectivity index (χ3n) is 2.75. The Bertz CT molecular complexity index is 291. The van der Waals surface area contributed by atoms with Crippen molar-refractivity contribution in [3.8, 4) is 0 Å². The van der Waals surface area contributed by atoms with Crippen LogP contribution < -0.4 is 5.73 Å². The van der Waals surface area contributed by atoms with Crippen molar-refractivity contribution < 1.29 is 0 Å². The zero-order chi connectivity index (χ0) is 9.47. The Morgan fingerprint density at radius 1 is 1.54 bits per heavy atom. The van der Waals surface area contributed by atoms with Gasteiger partial charge in [0, 0.05) is 17.8 Å².